The largest absolute Gasteiger partial charge is 0.192 e. The predicted octanol–water partition coefficient (Wildman–Crippen LogP) is 3.15. The van der Waals surface area contributed by atoms with Gasteiger partial charge in [0.2, 0.25) is 0 Å². The maximum absolute atomic E-state index is 8.70. The number of nitrogens with zero attached hydrogens (tertiary/aromatic N) is 1. The Balaban J connectivity index is 2.73. The van der Waals surface area contributed by atoms with Crippen LogP contribution in [0.3, 0.4) is 0 Å². The van der Waals surface area contributed by atoms with Gasteiger partial charge in [0.1, 0.15) is 0 Å². The number of nitriles is 1. The summed E-state index contributed by atoms with van der Waals surface area (Å²) in [6, 6.07) is 10.0. The first-order valence-corrected chi connectivity index (χ1v) is 4.75. The van der Waals surface area contributed by atoms with Crippen molar-refractivity contribution in [1.29, 1.82) is 5.26 Å². The van der Waals surface area contributed by atoms with Gasteiger partial charge in [0.25, 0.3) is 0 Å². The molecule has 13 heavy (non-hydrogen) atoms. The minimum absolute atomic E-state index is 0.703. The third-order valence-electron chi connectivity index (χ3n) is 2.34. The van der Waals surface area contributed by atoms with Crippen molar-refractivity contribution in [2.24, 2.45) is 5.92 Å². The molecule has 1 rings (SSSR count). The minimum Gasteiger partial charge on any atom is -0.192 e. The lowest BCUT2D eigenvalue weighted by Crippen LogP contribution is -1.97. The zero-order valence-corrected chi connectivity index (χ0v) is 8.25. The summed E-state index contributed by atoms with van der Waals surface area (Å²) in [6.07, 6.45) is 2.27. The van der Waals surface area contributed by atoms with Crippen LogP contribution in [0.2, 0.25) is 0 Å². The third-order valence-corrected chi connectivity index (χ3v) is 2.34. The van der Waals surface area contributed by atoms with Crippen molar-refractivity contribution in [3.63, 3.8) is 0 Å². The van der Waals surface area contributed by atoms with Crippen LogP contribution in [0.5, 0.6) is 0 Å². The van der Waals surface area contributed by atoms with E-state index >= 15 is 0 Å². The summed E-state index contributed by atoms with van der Waals surface area (Å²) >= 11 is 0. The SMILES string of the molecule is CC[C@H](C)Cc1cccc(C#N)c1. The van der Waals surface area contributed by atoms with E-state index in [0.717, 1.165) is 12.0 Å². The van der Waals surface area contributed by atoms with Crippen molar-refractivity contribution in [1.82, 2.24) is 0 Å². The van der Waals surface area contributed by atoms with E-state index in [1.165, 1.54) is 12.0 Å². The summed E-state index contributed by atoms with van der Waals surface area (Å²) in [5.41, 5.74) is 2.04. The average Bonchev–Trinajstić information content (AvgIpc) is 2.18. The van der Waals surface area contributed by atoms with Gasteiger partial charge in [0, 0.05) is 0 Å². The van der Waals surface area contributed by atoms with E-state index in [4.69, 9.17) is 5.26 Å². The molecule has 0 N–H and O–H groups in total. The van der Waals surface area contributed by atoms with Crippen LogP contribution in [-0.4, -0.2) is 0 Å². The lowest BCUT2D eigenvalue weighted by atomic mass is 9.98. The topological polar surface area (TPSA) is 23.8 Å². The molecule has 0 spiro atoms. The van der Waals surface area contributed by atoms with Crippen molar-refractivity contribution < 1.29 is 0 Å². The Bertz CT molecular complexity index is 309. The monoisotopic (exact) mass is 173 g/mol. The molecule has 0 saturated carbocycles. The molecule has 0 saturated heterocycles. The van der Waals surface area contributed by atoms with Crippen LogP contribution >= 0.6 is 0 Å². The summed E-state index contributed by atoms with van der Waals surface area (Å²) in [5.74, 6) is 0.703. The van der Waals surface area contributed by atoms with E-state index in [1.807, 2.05) is 18.2 Å². The fourth-order valence-corrected chi connectivity index (χ4v) is 1.31. The molecule has 0 amide bonds. The Morgan fingerprint density at radius 3 is 2.85 bits per heavy atom. The number of hydrogen-bond donors (Lipinski definition) is 0. The van der Waals surface area contributed by atoms with E-state index in [0.29, 0.717) is 5.92 Å². The van der Waals surface area contributed by atoms with Crippen molar-refractivity contribution in [3.05, 3.63) is 35.4 Å². The first kappa shape index (κ1) is 9.80. The maximum Gasteiger partial charge on any atom is 0.0991 e. The molecule has 0 radical (unpaired) electrons. The molecule has 0 aliphatic rings. The molecule has 1 aromatic carbocycles. The van der Waals surface area contributed by atoms with E-state index in [2.05, 4.69) is 26.0 Å². The highest BCUT2D eigenvalue weighted by atomic mass is 14.2. The molecule has 0 aliphatic heterocycles. The van der Waals surface area contributed by atoms with Gasteiger partial charge in [0.15, 0.2) is 0 Å². The van der Waals surface area contributed by atoms with Gasteiger partial charge in [-0.05, 0) is 30.0 Å². The van der Waals surface area contributed by atoms with Crippen molar-refractivity contribution >= 4 is 0 Å². The van der Waals surface area contributed by atoms with E-state index < -0.39 is 0 Å². The smallest absolute Gasteiger partial charge is 0.0991 e. The van der Waals surface area contributed by atoms with Crippen LogP contribution in [0, 0.1) is 17.2 Å². The molecule has 1 aromatic rings. The van der Waals surface area contributed by atoms with E-state index in [-0.39, 0.29) is 0 Å². The quantitative estimate of drug-likeness (QED) is 0.688. The van der Waals surface area contributed by atoms with Crippen molar-refractivity contribution in [2.45, 2.75) is 26.7 Å². The van der Waals surface area contributed by atoms with Gasteiger partial charge < -0.3 is 0 Å². The summed E-state index contributed by atoms with van der Waals surface area (Å²) in [4.78, 5) is 0. The Hall–Kier alpha value is -1.29. The molecular formula is C12H15N. The van der Waals surface area contributed by atoms with Gasteiger partial charge in [0.05, 0.1) is 11.6 Å². The van der Waals surface area contributed by atoms with Crippen molar-refractivity contribution in [3.8, 4) is 6.07 Å². The van der Waals surface area contributed by atoms with Gasteiger partial charge in [-0.15, -0.1) is 0 Å². The molecule has 68 valence electrons. The number of rotatable bonds is 3. The van der Waals surface area contributed by atoms with Gasteiger partial charge >= 0.3 is 0 Å². The van der Waals surface area contributed by atoms with Crippen LogP contribution in [0.25, 0.3) is 0 Å². The Morgan fingerprint density at radius 2 is 2.23 bits per heavy atom. The summed E-state index contributed by atoms with van der Waals surface area (Å²) < 4.78 is 0. The lowest BCUT2D eigenvalue weighted by Gasteiger charge is -2.07. The molecule has 0 fully saturated rings. The highest BCUT2D eigenvalue weighted by Crippen LogP contribution is 2.12. The van der Waals surface area contributed by atoms with Crippen LogP contribution < -0.4 is 0 Å². The molecule has 0 bridgehead atoms. The lowest BCUT2D eigenvalue weighted by molar-refractivity contribution is 0.560. The Kier molecular flexibility index (Phi) is 3.52. The summed E-state index contributed by atoms with van der Waals surface area (Å²) in [7, 11) is 0. The zero-order valence-electron chi connectivity index (χ0n) is 8.25. The molecular weight excluding hydrogens is 158 g/mol. The van der Waals surface area contributed by atoms with Crippen LogP contribution in [-0.2, 0) is 6.42 Å². The second-order valence-electron chi connectivity index (χ2n) is 3.53. The Morgan fingerprint density at radius 1 is 1.46 bits per heavy atom. The Labute approximate surface area is 80.0 Å². The van der Waals surface area contributed by atoms with E-state index in [1.54, 1.807) is 0 Å². The standard InChI is InChI=1S/C12H15N/c1-3-10(2)7-11-5-4-6-12(8-11)9-13/h4-6,8,10H,3,7H2,1-2H3/t10-/m0/s1. The molecule has 0 unspecified atom stereocenters. The average molecular weight is 173 g/mol. The molecule has 1 nitrogen and oxygen atoms in total. The van der Waals surface area contributed by atoms with Crippen molar-refractivity contribution in [2.75, 3.05) is 0 Å². The minimum atomic E-state index is 0.703. The van der Waals surface area contributed by atoms with Gasteiger partial charge in [-0.25, -0.2) is 0 Å². The molecule has 1 heteroatoms. The van der Waals surface area contributed by atoms with Gasteiger partial charge in [-0.2, -0.15) is 5.26 Å². The zero-order chi connectivity index (χ0) is 9.68. The fraction of sp³-hybridized carbons (Fsp3) is 0.417. The number of hydrogen-bond acceptors (Lipinski definition) is 1. The molecule has 0 aromatic heterocycles. The van der Waals surface area contributed by atoms with Gasteiger partial charge in [-0.1, -0.05) is 32.4 Å². The first-order chi connectivity index (χ1) is 6.26. The highest BCUT2D eigenvalue weighted by molar-refractivity contribution is 5.32. The maximum atomic E-state index is 8.70. The third kappa shape index (κ3) is 2.91. The summed E-state index contributed by atoms with van der Waals surface area (Å²) in [5, 5.41) is 8.70. The second kappa shape index (κ2) is 4.67. The number of benzene rings is 1. The molecule has 1 atom stereocenters. The van der Waals surface area contributed by atoms with Gasteiger partial charge in [-0.3, -0.25) is 0 Å². The van der Waals surface area contributed by atoms with E-state index in [9.17, 15) is 0 Å². The molecule has 0 aliphatic carbocycles. The predicted molar refractivity (Wildman–Crippen MR) is 54.3 cm³/mol. The highest BCUT2D eigenvalue weighted by Gasteiger charge is 2.01. The fourth-order valence-electron chi connectivity index (χ4n) is 1.31. The van der Waals surface area contributed by atoms with Crippen LogP contribution in [0.15, 0.2) is 24.3 Å². The summed E-state index contributed by atoms with van der Waals surface area (Å²) in [6.45, 7) is 4.43. The van der Waals surface area contributed by atoms with Crippen LogP contribution in [0.4, 0.5) is 0 Å². The second-order valence-corrected chi connectivity index (χ2v) is 3.53. The van der Waals surface area contributed by atoms with Crippen LogP contribution in [0.1, 0.15) is 31.4 Å². The first-order valence-electron chi connectivity index (χ1n) is 4.75. The molecule has 0 heterocycles. The normalized spacial score (nSPS) is 12.1.